The quantitative estimate of drug-likeness (QED) is 0.606. The van der Waals surface area contributed by atoms with Crippen molar-refractivity contribution in [3.8, 4) is 0 Å². The Kier molecular flexibility index (Phi) is 3.86. The molecule has 0 bridgehead atoms. The Morgan fingerprint density at radius 2 is 2.25 bits per heavy atom. The van der Waals surface area contributed by atoms with E-state index in [4.69, 9.17) is 10.2 Å². The Bertz CT molecular complexity index is 326. The minimum atomic E-state index is 0.508. The van der Waals surface area contributed by atoms with E-state index in [1.54, 1.807) is 6.26 Å². The van der Waals surface area contributed by atoms with Crippen molar-refractivity contribution >= 4 is 5.96 Å². The SMILES string of the molecule is NC(=NCc1ccco1)NC1CCCCC1. The summed E-state index contributed by atoms with van der Waals surface area (Å²) in [6.07, 6.45) is 8.00. The highest BCUT2D eigenvalue weighted by molar-refractivity contribution is 5.78. The average Bonchev–Trinajstić information content (AvgIpc) is 2.81. The van der Waals surface area contributed by atoms with E-state index in [-0.39, 0.29) is 0 Å². The molecule has 0 aromatic carbocycles. The van der Waals surface area contributed by atoms with Crippen molar-refractivity contribution in [2.45, 2.75) is 44.7 Å². The maximum atomic E-state index is 5.82. The maximum Gasteiger partial charge on any atom is 0.189 e. The van der Waals surface area contributed by atoms with E-state index in [1.807, 2.05) is 12.1 Å². The topological polar surface area (TPSA) is 63.5 Å². The summed E-state index contributed by atoms with van der Waals surface area (Å²) < 4.78 is 5.18. The van der Waals surface area contributed by atoms with Crippen LogP contribution < -0.4 is 11.1 Å². The molecule has 1 fully saturated rings. The van der Waals surface area contributed by atoms with Crippen LogP contribution in [0.3, 0.4) is 0 Å². The van der Waals surface area contributed by atoms with Crippen LogP contribution in [0, 0.1) is 0 Å². The molecule has 3 N–H and O–H groups in total. The van der Waals surface area contributed by atoms with Crippen molar-refractivity contribution in [1.29, 1.82) is 0 Å². The van der Waals surface area contributed by atoms with Gasteiger partial charge in [0.15, 0.2) is 5.96 Å². The fraction of sp³-hybridized carbons (Fsp3) is 0.583. The molecule has 1 heterocycles. The first-order chi connectivity index (χ1) is 7.84. The van der Waals surface area contributed by atoms with Crippen molar-refractivity contribution in [2.75, 3.05) is 0 Å². The van der Waals surface area contributed by atoms with Gasteiger partial charge in [0.2, 0.25) is 0 Å². The Morgan fingerprint density at radius 1 is 1.44 bits per heavy atom. The lowest BCUT2D eigenvalue weighted by Gasteiger charge is -2.23. The van der Waals surface area contributed by atoms with E-state index in [1.165, 1.54) is 32.1 Å². The van der Waals surface area contributed by atoms with E-state index in [9.17, 15) is 0 Å². The standard InChI is InChI=1S/C12H19N3O/c13-12(14-9-11-7-4-8-16-11)15-10-5-2-1-3-6-10/h4,7-8,10H,1-3,5-6,9H2,(H3,13,14,15). The summed E-state index contributed by atoms with van der Waals surface area (Å²) in [5, 5.41) is 3.27. The monoisotopic (exact) mass is 221 g/mol. The van der Waals surface area contributed by atoms with Crippen LogP contribution in [-0.4, -0.2) is 12.0 Å². The number of guanidine groups is 1. The highest BCUT2D eigenvalue weighted by Crippen LogP contribution is 2.17. The van der Waals surface area contributed by atoms with Gasteiger partial charge < -0.3 is 15.5 Å². The van der Waals surface area contributed by atoms with Crippen LogP contribution in [-0.2, 0) is 6.54 Å². The molecule has 0 unspecified atom stereocenters. The molecule has 0 radical (unpaired) electrons. The molecule has 0 aliphatic heterocycles. The van der Waals surface area contributed by atoms with Gasteiger partial charge in [-0.2, -0.15) is 0 Å². The molecule has 0 atom stereocenters. The number of nitrogens with one attached hydrogen (secondary N) is 1. The number of hydrogen-bond donors (Lipinski definition) is 2. The van der Waals surface area contributed by atoms with Crippen LogP contribution in [0.15, 0.2) is 27.8 Å². The van der Waals surface area contributed by atoms with Crippen LogP contribution in [0.1, 0.15) is 37.9 Å². The number of aliphatic imine (C=N–C) groups is 1. The van der Waals surface area contributed by atoms with Gasteiger partial charge in [0.05, 0.1) is 6.26 Å². The molecule has 2 rings (SSSR count). The number of nitrogens with zero attached hydrogens (tertiary/aromatic N) is 1. The molecule has 1 saturated carbocycles. The predicted octanol–water partition coefficient (Wildman–Crippen LogP) is 2.02. The van der Waals surface area contributed by atoms with Gasteiger partial charge in [-0.1, -0.05) is 19.3 Å². The van der Waals surface area contributed by atoms with Crippen molar-refractivity contribution in [3.63, 3.8) is 0 Å². The molecule has 0 saturated heterocycles. The Hall–Kier alpha value is -1.45. The second-order valence-electron chi connectivity index (χ2n) is 4.26. The van der Waals surface area contributed by atoms with Gasteiger partial charge in [-0.05, 0) is 25.0 Å². The predicted molar refractivity (Wildman–Crippen MR) is 64.0 cm³/mol. The molecule has 1 aliphatic rings. The van der Waals surface area contributed by atoms with E-state index >= 15 is 0 Å². The lowest BCUT2D eigenvalue weighted by Crippen LogP contribution is -2.41. The Balaban J connectivity index is 1.77. The molecule has 0 amide bonds. The Labute approximate surface area is 95.9 Å². The number of furan rings is 1. The van der Waals surface area contributed by atoms with Crippen molar-refractivity contribution in [3.05, 3.63) is 24.2 Å². The Morgan fingerprint density at radius 3 is 2.94 bits per heavy atom. The van der Waals surface area contributed by atoms with Crippen LogP contribution >= 0.6 is 0 Å². The molecule has 4 nitrogen and oxygen atoms in total. The van der Waals surface area contributed by atoms with Gasteiger partial charge in [0.25, 0.3) is 0 Å². The van der Waals surface area contributed by atoms with Crippen LogP contribution in [0.25, 0.3) is 0 Å². The van der Waals surface area contributed by atoms with Gasteiger partial charge in [-0.25, -0.2) is 4.99 Å². The molecule has 88 valence electrons. The molecule has 1 aliphatic carbocycles. The first-order valence-electron chi connectivity index (χ1n) is 5.93. The third-order valence-corrected chi connectivity index (χ3v) is 2.94. The largest absolute Gasteiger partial charge is 0.467 e. The summed E-state index contributed by atoms with van der Waals surface area (Å²) in [4.78, 5) is 4.25. The second kappa shape index (κ2) is 5.58. The van der Waals surface area contributed by atoms with E-state index < -0.39 is 0 Å². The number of hydrogen-bond acceptors (Lipinski definition) is 2. The molecule has 4 heteroatoms. The maximum absolute atomic E-state index is 5.82. The molecule has 1 aromatic heterocycles. The molecule has 1 aromatic rings. The summed E-state index contributed by atoms with van der Waals surface area (Å²) in [6, 6.07) is 4.27. The number of nitrogens with two attached hydrogens (primary N) is 1. The third kappa shape index (κ3) is 3.29. The van der Waals surface area contributed by atoms with E-state index in [0.29, 0.717) is 18.5 Å². The van der Waals surface area contributed by atoms with Gasteiger partial charge in [-0.3, -0.25) is 0 Å². The lowest BCUT2D eigenvalue weighted by molar-refractivity contribution is 0.412. The zero-order valence-corrected chi connectivity index (χ0v) is 9.48. The van der Waals surface area contributed by atoms with Gasteiger partial charge in [0, 0.05) is 6.04 Å². The van der Waals surface area contributed by atoms with Crippen LogP contribution in [0.2, 0.25) is 0 Å². The summed E-state index contributed by atoms with van der Waals surface area (Å²) in [6.45, 7) is 0.512. The lowest BCUT2D eigenvalue weighted by atomic mass is 9.96. The first kappa shape index (κ1) is 11.0. The average molecular weight is 221 g/mol. The number of rotatable bonds is 3. The van der Waals surface area contributed by atoms with Crippen LogP contribution in [0.4, 0.5) is 0 Å². The second-order valence-corrected chi connectivity index (χ2v) is 4.26. The fourth-order valence-electron chi connectivity index (χ4n) is 2.07. The summed E-state index contributed by atoms with van der Waals surface area (Å²) in [5.41, 5.74) is 5.82. The summed E-state index contributed by atoms with van der Waals surface area (Å²) in [5.74, 6) is 1.37. The highest BCUT2D eigenvalue weighted by atomic mass is 16.3. The fourth-order valence-corrected chi connectivity index (χ4v) is 2.07. The zero-order chi connectivity index (χ0) is 11.2. The van der Waals surface area contributed by atoms with Gasteiger partial charge in [-0.15, -0.1) is 0 Å². The third-order valence-electron chi connectivity index (χ3n) is 2.94. The highest BCUT2D eigenvalue weighted by Gasteiger charge is 2.13. The first-order valence-corrected chi connectivity index (χ1v) is 5.93. The van der Waals surface area contributed by atoms with Gasteiger partial charge >= 0.3 is 0 Å². The molecule has 0 spiro atoms. The minimum absolute atomic E-state index is 0.508. The molecular formula is C12H19N3O. The van der Waals surface area contributed by atoms with Crippen molar-refractivity contribution in [2.24, 2.45) is 10.7 Å². The van der Waals surface area contributed by atoms with E-state index in [0.717, 1.165) is 5.76 Å². The van der Waals surface area contributed by atoms with Crippen molar-refractivity contribution in [1.82, 2.24) is 5.32 Å². The molecular weight excluding hydrogens is 202 g/mol. The minimum Gasteiger partial charge on any atom is -0.467 e. The molecule has 16 heavy (non-hydrogen) atoms. The normalized spacial score (nSPS) is 18.6. The van der Waals surface area contributed by atoms with Gasteiger partial charge in [0.1, 0.15) is 12.3 Å². The summed E-state index contributed by atoms with van der Waals surface area (Å²) in [7, 11) is 0. The van der Waals surface area contributed by atoms with Crippen LogP contribution in [0.5, 0.6) is 0 Å². The van der Waals surface area contributed by atoms with E-state index in [2.05, 4.69) is 10.3 Å². The summed E-state index contributed by atoms with van der Waals surface area (Å²) >= 11 is 0. The zero-order valence-electron chi connectivity index (χ0n) is 9.48. The van der Waals surface area contributed by atoms with Crippen molar-refractivity contribution < 1.29 is 4.42 Å². The smallest absolute Gasteiger partial charge is 0.189 e.